The molecule has 0 aliphatic heterocycles. The van der Waals surface area contributed by atoms with Gasteiger partial charge in [0.1, 0.15) is 0 Å². The smallest absolute Gasteiger partial charge is 0.226 e. The molecule has 0 rings (SSSR count). The number of carbonyl (C=O) groups excluding carboxylic acids is 4. The third kappa shape index (κ3) is 53.5. The Hall–Kier alpha value is -0.720. The van der Waals surface area contributed by atoms with E-state index in [4.69, 9.17) is 0 Å². The van der Waals surface area contributed by atoms with Crippen molar-refractivity contribution in [3.63, 3.8) is 0 Å². The zero-order chi connectivity index (χ0) is 49.2. The van der Waals surface area contributed by atoms with Gasteiger partial charge in [-0.05, 0) is 36.5 Å². The van der Waals surface area contributed by atoms with Crippen molar-refractivity contribution in [3.05, 3.63) is 0 Å². The van der Waals surface area contributed by atoms with Crippen LogP contribution in [0.4, 0.5) is 0 Å². The molecule has 0 saturated heterocycles. The number of hydrogen-bond donors (Lipinski definition) is 4. The lowest BCUT2D eigenvalue weighted by atomic mass is 9.89. The number of unbranched alkanes of at least 4 members (excludes halogenated alkanes) is 4. The fraction of sp³-hybridized carbons (Fsp3) is 0.918. The van der Waals surface area contributed by atoms with Gasteiger partial charge in [0.05, 0.1) is 5.88 Å². The molecule has 0 aromatic carbocycles. The zero-order valence-electron chi connectivity index (χ0n) is 44.5. The molecule has 0 fully saturated rings. The summed E-state index contributed by atoms with van der Waals surface area (Å²) in [6.07, 6.45) is 9.69. The number of nitrogens with one attached hydrogen (secondary N) is 4. The van der Waals surface area contributed by atoms with Gasteiger partial charge in [-0.2, -0.15) is 0 Å². The Morgan fingerprint density at radius 1 is 0.344 bits per heavy atom. The topological polar surface area (TPSA) is 116 Å². The van der Waals surface area contributed by atoms with Crippen LogP contribution in [0.2, 0.25) is 0 Å². The van der Waals surface area contributed by atoms with Crippen LogP contribution in [0, 0.1) is 32.5 Å². The van der Waals surface area contributed by atoms with E-state index in [1.54, 1.807) is 21.6 Å². The van der Waals surface area contributed by atoms with Gasteiger partial charge in [0.2, 0.25) is 23.6 Å². The Balaban J connectivity index is -0.000000356. The average Bonchev–Trinajstić information content (AvgIpc) is 3.02. The first kappa shape index (κ1) is 66.9. The highest BCUT2D eigenvalue weighted by molar-refractivity contribution is 8.77. The van der Waals surface area contributed by atoms with E-state index in [-0.39, 0.29) is 50.0 Å². The van der Waals surface area contributed by atoms with E-state index < -0.39 is 0 Å². The summed E-state index contributed by atoms with van der Waals surface area (Å²) in [5, 5.41) is 11.8. The van der Waals surface area contributed by atoms with Crippen LogP contribution in [0.3, 0.4) is 0 Å². The van der Waals surface area contributed by atoms with Crippen LogP contribution in [0.1, 0.15) is 218 Å². The van der Waals surface area contributed by atoms with Crippen LogP contribution < -0.4 is 21.3 Å². The average molecular weight is 940 g/mol. The second kappa shape index (κ2) is 31.2. The first-order chi connectivity index (χ1) is 27.0. The van der Waals surface area contributed by atoms with Crippen molar-refractivity contribution >= 4 is 66.8 Å². The molecule has 0 saturated carbocycles. The minimum absolute atomic E-state index is 0.111. The Labute approximate surface area is 395 Å². The molecular formula is C49H102N4O4S4. The summed E-state index contributed by atoms with van der Waals surface area (Å²) in [7, 11) is 7.15. The summed E-state index contributed by atoms with van der Waals surface area (Å²) in [5.41, 5.74) is -0.209. The molecule has 0 aliphatic carbocycles. The molecule has 12 heteroatoms. The normalized spacial score (nSPS) is 12.7. The number of carbonyl (C=O) groups is 4. The Morgan fingerprint density at radius 3 is 0.951 bits per heavy atom. The number of rotatable bonds is 17. The Bertz CT molecular complexity index is 1140. The lowest BCUT2D eigenvalue weighted by molar-refractivity contribution is -0.129. The van der Waals surface area contributed by atoms with Gasteiger partial charge in [-0.3, -0.25) is 19.2 Å². The van der Waals surface area contributed by atoms with Crippen molar-refractivity contribution in [2.24, 2.45) is 32.5 Å². The third-order valence-corrected chi connectivity index (χ3v) is 14.3. The van der Waals surface area contributed by atoms with Gasteiger partial charge < -0.3 is 21.3 Å². The molecule has 4 amide bonds. The second-order valence-electron chi connectivity index (χ2n) is 24.5. The van der Waals surface area contributed by atoms with E-state index in [9.17, 15) is 19.2 Å². The third-order valence-electron chi connectivity index (χ3n) is 7.88. The van der Waals surface area contributed by atoms with Crippen LogP contribution in [0.25, 0.3) is 0 Å². The number of amides is 4. The van der Waals surface area contributed by atoms with Crippen molar-refractivity contribution < 1.29 is 19.2 Å². The summed E-state index contributed by atoms with van der Waals surface area (Å²) >= 11 is 0. The predicted molar refractivity (Wildman–Crippen MR) is 280 cm³/mol. The van der Waals surface area contributed by atoms with Gasteiger partial charge in [-0.15, -0.1) is 0 Å². The maximum Gasteiger partial charge on any atom is 0.226 e. The van der Waals surface area contributed by atoms with E-state index in [0.717, 1.165) is 38.2 Å². The summed E-state index contributed by atoms with van der Waals surface area (Å²) in [5.74, 6) is 2.19. The molecule has 366 valence electrons. The van der Waals surface area contributed by atoms with Gasteiger partial charge in [0.15, 0.2) is 0 Å². The fourth-order valence-electron chi connectivity index (χ4n) is 4.10. The molecule has 0 heterocycles. The van der Waals surface area contributed by atoms with Gasteiger partial charge in [-0.1, -0.05) is 235 Å². The molecule has 0 aliphatic rings. The van der Waals surface area contributed by atoms with Crippen molar-refractivity contribution in [2.75, 3.05) is 31.3 Å². The molecule has 0 bridgehead atoms. The summed E-state index contributed by atoms with van der Waals surface area (Å²) in [6.45, 7) is 52.3. The van der Waals surface area contributed by atoms with Crippen LogP contribution in [0.15, 0.2) is 0 Å². The highest BCUT2D eigenvalue weighted by atomic mass is 33.1. The number of hydrogen-bond acceptors (Lipinski definition) is 8. The first-order valence-corrected chi connectivity index (χ1v) is 27.4. The molecule has 0 atom stereocenters. The van der Waals surface area contributed by atoms with Gasteiger partial charge in [0.25, 0.3) is 0 Å². The second-order valence-corrected chi connectivity index (χ2v) is 30.9. The van der Waals surface area contributed by atoms with Crippen molar-refractivity contribution in [2.45, 2.75) is 227 Å². The van der Waals surface area contributed by atoms with E-state index in [2.05, 4.69) is 104 Å². The summed E-state index contributed by atoms with van der Waals surface area (Å²) in [6, 6.07) is 0. The Morgan fingerprint density at radius 2 is 0.623 bits per heavy atom. The highest BCUT2D eigenvalue weighted by Crippen LogP contribution is 2.35. The van der Waals surface area contributed by atoms with E-state index in [0.29, 0.717) is 21.5 Å². The molecule has 8 nitrogen and oxygen atoms in total. The molecule has 61 heavy (non-hydrogen) atoms. The molecule has 0 aromatic heterocycles. The van der Waals surface area contributed by atoms with Gasteiger partial charge >= 0.3 is 0 Å². The monoisotopic (exact) mass is 939 g/mol. The van der Waals surface area contributed by atoms with E-state index in [1.807, 2.05) is 105 Å². The van der Waals surface area contributed by atoms with Crippen LogP contribution >= 0.6 is 43.2 Å². The Kier molecular flexibility index (Phi) is 34.3. The molecule has 0 spiro atoms. The SMILES string of the molecule is CC(C)(C)CCCCCCNC(=O)C(C)(C)C.CC(C)(C)CCCCNC(=O)C(C)(C)C.CC(C)(C)SSCCNC(=O)C(C)(C)C.CC(C)(C)SSCNC(=O)C(C)(C)C. The molecule has 0 radical (unpaired) electrons. The zero-order valence-corrected chi connectivity index (χ0v) is 47.7. The molecule has 0 aromatic rings. The van der Waals surface area contributed by atoms with Gasteiger partial charge in [-0.25, -0.2) is 0 Å². The van der Waals surface area contributed by atoms with Crippen molar-refractivity contribution in [1.29, 1.82) is 0 Å². The first-order valence-electron chi connectivity index (χ1n) is 22.8. The maximum atomic E-state index is 11.6. The van der Waals surface area contributed by atoms with Crippen LogP contribution in [-0.2, 0) is 19.2 Å². The van der Waals surface area contributed by atoms with Crippen molar-refractivity contribution in [1.82, 2.24) is 21.3 Å². The fourth-order valence-corrected chi connectivity index (χ4v) is 8.30. The standard InChI is InChI=1S/C15H31NO.C13H27NO.C11H23NOS2.C10H21NOS2/c1-14(2,3)11-9-7-8-10-12-16-13(17)15(4,5)6;1-12(2,3)9-7-8-10-14-11(15)13(4,5)6;1-10(2,3)9(13)12-7-8-14-15-11(4,5)6;1-9(2,3)8(12)11-7-13-14-10(4,5)6/h7-12H2,1-6H3,(H,16,17);7-10H2,1-6H3,(H,14,15);7-8H2,1-6H3,(H,12,13);7H2,1-6H3,(H,11,12). The minimum atomic E-state index is -0.285. The lowest BCUT2D eigenvalue weighted by Gasteiger charge is -2.19. The quantitative estimate of drug-likeness (QED) is 0.0647. The molecular weight excluding hydrogens is 837 g/mol. The lowest BCUT2D eigenvalue weighted by Crippen LogP contribution is -2.35. The van der Waals surface area contributed by atoms with Crippen molar-refractivity contribution in [3.8, 4) is 0 Å². The maximum absolute atomic E-state index is 11.6. The molecule has 0 unspecified atom stereocenters. The van der Waals surface area contributed by atoms with E-state index in [1.165, 1.54) is 38.5 Å². The summed E-state index contributed by atoms with van der Waals surface area (Å²) < 4.78 is 0.538. The minimum Gasteiger partial charge on any atom is -0.356 e. The van der Waals surface area contributed by atoms with Gasteiger partial charge in [0, 0.05) is 56.5 Å². The summed E-state index contributed by atoms with van der Waals surface area (Å²) in [4.78, 5) is 46.0. The predicted octanol–water partition coefficient (Wildman–Crippen LogP) is 14.1. The van der Waals surface area contributed by atoms with E-state index >= 15 is 0 Å². The largest absolute Gasteiger partial charge is 0.356 e. The van der Waals surface area contributed by atoms with Crippen LogP contribution in [0.5, 0.6) is 0 Å². The molecule has 4 N–H and O–H groups in total. The van der Waals surface area contributed by atoms with Crippen LogP contribution in [-0.4, -0.2) is 64.4 Å². The highest BCUT2D eigenvalue weighted by Gasteiger charge is 2.23.